The molecule has 0 aliphatic rings. The minimum absolute atomic E-state index is 0.0670. The lowest BCUT2D eigenvalue weighted by atomic mass is 10.2. The Bertz CT molecular complexity index is 1050. The van der Waals surface area contributed by atoms with Crippen molar-refractivity contribution >= 4 is 49.1 Å². The SMILES string of the molecule is CS(=O)(=O)Nc1nnc(NC(=O)CCc2nc(-c3ccc(Cl)cc3)no2)s1. The standard InChI is InChI=1S/C14H13ClN6O4S2/c1-27(23,24)21-14-19-18-13(26-14)16-10(22)6-7-11-17-12(20-25-11)8-2-4-9(15)5-3-8/h2-5H,6-7H2,1H3,(H,19,21)(H,16,18,22). The summed E-state index contributed by atoms with van der Waals surface area (Å²) in [5.41, 5.74) is 0.749. The third kappa shape index (κ3) is 5.70. The van der Waals surface area contributed by atoms with Crippen molar-refractivity contribution in [2.45, 2.75) is 12.8 Å². The van der Waals surface area contributed by atoms with Gasteiger partial charge in [-0.15, -0.1) is 10.2 Å². The first-order chi connectivity index (χ1) is 12.8. The fourth-order valence-electron chi connectivity index (χ4n) is 1.95. The summed E-state index contributed by atoms with van der Waals surface area (Å²) in [5.74, 6) is 0.373. The van der Waals surface area contributed by atoms with Crippen LogP contribution in [-0.4, -0.2) is 40.9 Å². The molecule has 0 bridgehead atoms. The van der Waals surface area contributed by atoms with Crippen LogP contribution in [0.2, 0.25) is 5.02 Å². The highest BCUT2D eigenvalue weighted by atomic mass is 35.5. The highest BCUT2D eigenvalue weighted by molar-refractivity contribution is 7.92. The number of anilines is 2. The van der Waals surface area contributed by atoms with Crippen LogP contribution in [0, 0.1) is 0 Å². The third-order valence-corrected chi connectivity index (χ3v) is 4.78. The van der Waals surface area contributed by atoms with E-state index in [1.165, 1.54) is 0 Å². The molecule has 0 unspecified atom stereocenters. The van der Waals surface area contributed by atoms with E-state index in [1.807, 2.05) is 0 Å². The van der Waals surface area contributed by atoms with Gasteiger partial charge in [-0.05, 0) is 24.3 Å². The van der Waals surface area contributed by atoms with Crippen LogP contribution in [0.25, 0.3) is 11.4 Å². The summed E-state index contributed by atoms with van der Waals surface area (Å²) in [6, 6.07) is 6.97. The van der Waals surface area contributed by atoms with E-state index in [1.54, 1.807) is 24.3 Å². The molecule has 0 saturated carbocycles. The number of hydrogen-bond acceptors (Lipinski definition) is 9. The Morgan fingerprint density at radius 1 is 1.22 bits per heavy atom. The molecular weight excluding hydrogens is 416 g/mol. The number of carbonyl (C=O) groups excluding carboxylic acids is 1. The molecule has 0 atom stereocenters. The van der Waals surface area contributed by atoms with E-state index in [0.29, 0.717) is 16.7 Å². The normalized spacial score (nSPS) is 11.3. The van der Waals surface area contributed by atoms with E-state index in [0.717, 1.165) is 23.2 Å². The van der Waals surface area contributed by atoms with E-state index in [4.69, 9.17) is 16.1 Å². The predicted octanol–water partition coefficient (Wildman–Crippen LogP) is 2.18. The molecule has 0 spiro atoms. The topological polar surface area (TPSA) is 140 Å². The highest BCUT2D eigenvalue weighted by Gasteiger charge is 2.13. The molecule has 3 aromatic rings. The molecule has 27 heavy (non-hydrogen) atoms. The van der Waals surface area contributed by atoms with Gasteiger partial charge in [0.1, 0.15) is 0 Å². The fourth-order valence-corrected chi connectivity index (χ4v) is 3.56. The van der Waals surface area contributed by atoms with Crippen molar-refractivity contribution < 1.29 is 17.7 Å². The van der Waals surface area contributed by atoms with E-state index < -0.39 is 10.0 Å². The van der Waals surface area contributed by atoms with Crippen LogP contribution in [-0.2, 0) is 21.2 Å². The Labute approximate surface area is 163 Å². The first kappa shape index (κ1) is 19.2. The maximum atomic E-state index is 12.0. The number of nitrogens with zero attached hydrogens (tertiary/aromatic N) is 4. The maximum Gasteiger partial charge on any atom is 0.231 e. The number of aryl methyl sites for hydroxylation is 1. The molecule has 1 aromatic carbocycles. The fraction of sp³-hybridized carbons (Fsp3) is 0.214. The van der Waals surface area contributed by atoms with Gasteiger partial charge in [0, 0.05) is 23.4 Å². The zero-order valence-corrected chi connectivity index (χ0v) is 16.2. The van der Waals surface area contributed by atoms with E-state index in [-0.39, 0.29) is 29.0 Å². The number of nitrogens with one attached hydrogen (secondary N) is 2. The van der Waals surface area contributed by atoms with Gasteiger partial charge in [-0.1, -0.05) is 28.1 Å². The van der Waals surface area contributed by atoms with Crippen LogP contribution in [0.3, 0.4) is 0 Å². The summed E-state index contributed by atoms with van der Waals surface area (Å²) in [4.78, 5) is 16.2. The summed E-state index contributed by atoms with van der Waals surface area (Å²) in [6.07, 6.45) is 1.31. The average molecular weight is 429 g/mol. The molecule has 13 heteroatoms. The molecule has 2 aromatic heterocycles. The van der Waals surface area contributed by atoms with Crippen LogP contribution in [0.4, 0.5) is 10.3 Å². The molecule has 0 saturated heterocycles. The van der Waals surface area contributed by atoms with Crippen molar-refractivity contribution in [3.8, 4) is 11.4 Å². The number of benzene rings is 1. The summed E-state index contributed by atoms with van der Waals surface area (Å²) in [5, 5.41) is 14.6. The molecule has 3 rings (SSSR count). The van der Waals surface area contributed by atoms with E-state index in [9.17, 15) is 13.2 Å². The van der Waals surface area contributed by atoms with Gasteiger partial charge in [-0.3, -0.25) is 9.52 Å². The molecule has 2 N–H and O–H groups in total. The van der Waals surface area contributed by atoms with Crippen LogP contribution in [0.5, 0.6) is 0 Å². The van der Waals surface area contributed by atoms with Crippen molar-refractivity contribution in [3.63, 3.8) is 0 Å². The van der Waals surface area contributed by atoms with Crippen LogP contribution in [0.15, 0.2) is 28.8 Å². The second kappa shape index (κ2) is 7.98. The van der Waals surface area contributed by atoms with Crippen molar-refractivity contribution in [3.05, 3.63) is 35.2 Å². The minimum Gasteiger partial charge on any atom is -0.339 e. The van der Waals surface area contributed by atoms with Gasteiger partial charge < -0.3 is 9.84 Å². The van der Waals surface area contributed by atoms with Gasteiger partial charge in [0.2, 0.25) is 37.9 Å². The monoisotopic (exact) mass is 428 g/mol. The lowest BCUT2D eigenvalue weighted by Crippen LogP contribution is -2.12. The minimum atomic E-state index is -3.45. The van der Waals surface area contributed by atoms with Gasteiger partial charge in [0.05, 0.1) is 6.26 Å². The van der Waals surface area contributed by atoms with Crippen molar-refractivity contribution in [1.82, 2.24) is 20.3 Å². The predicted molar refractivity (Wildman–Crippen MR) is 100 cm³/mol. The van der Waals surface area contributed by atoms with Crippen LogP contribution < -0.4 is 10.0 Å². The Morgan fingerprint density at radius 2 is 1.93 bits per heavy atom. The quantitative estimate of drug-likeness (QED) is 0.583. The number of amides is 1. The number of hydrogen-bond donors (Lipinski definition) is 2. The van der Waals surface area contributed by atoms with Crippen LogP contribution >= 0.6 is 22.9 Å². The Kier molecular flexibility index (Phi) is 5.68. The summed E-state index contributed by atoms with van der Waals surface area (Å²) in [6.45, 7) is 0. The van der Waals surface area contributed by atoms with Gasteiger partial charge in [0.15, 0.2) is 0 Å². The Hall–Kier alpha value is -2.57. The largest absolute Gasteiger partial charge is 0.339 e. The van der Waals surface area contributed by atoms with Gasteiger partial charge in [-0.2, -0.15) is 4.98 Å². The highest BCUT2D eigenvalue weighted by Crippen LogP contribution is 2.21. The lowest BCUT2D eigenvalue weighted by Gasteiger charge is -1.98. The van der Waals surface area contributed by atoms with Gasteiger partial charge in [0.25, 0.3) is 0 Å². The number of aromatic nitrogens is 4. The van der Waals surface area contributed by atoms with Gasteiger partial charge in [-0.25, -0.2) is 8.42 Å². The Morgan fingerprint density at radius 3 is 2.63 bits per heavy atom. The number of halogens is 1. The molecule has 2 heterocycles. The zero-order chi connectivity index (χ0) is 19.4. The molecule has 10 nitrogen and oxygen atoms in total. The van der Waals surface area contributed by atoms with Crippen molar-refractivity contribution in [2.24, 2.45) is 0 Å². The van der Waals surface area contributed by atoms with Crippen molar-refractivity contribution in [2.75, 3.05) is 16.3 Å². The number of carbonyl (C=O) groups is 1. The molecule has 142 valence electrons. The van der Waals surface area contributed by atoms with Crippen LogP contribution in [0.1, 0.15) is 12.3 Å². The molecule has 0 fully saturated rings. The smallest absolute Gasteiger partial charge is 0.231 e. The zero-order valence-electron chi connectivity index (χ0n) is 13.8. The number of sulfonamides is 1. The molecular formula is C14H13ClN6O4S2. The van der Waals surface area contributed by atoms with Crippen molar-refractivity contribution in [1.29, 1.82) is 0 Å². The van der Waals surface area contributed by atoms with Gasteiger partial charge >= 0.3 is 0 Å². The first-order valence-corrected chi connectivity index (χ1v) is 10.6. The van der Waals surface area contributed by atoms with E-state index in [2.05, 4.69) is 30.4 Å². The van der Waals surface area contributed by atoms with E-state index >= 15 is 0 Å². The first-order valence-electron chi connectivity index (χ1n) is 7.48. The third-order valence-electron chi connectivity index (χ3n) is 3.08. The second-order valence-electron chi connectivity index (χ2n) is 5.35. The Balaban J connectivity index is 1.53. The average Bonchev–Trinajstić information content (AvgIpc) is 3.22. The maximum absolute atomic E-state index is 12.0. The number of rotatable bonds is 7. The molecule has 0 aliphatic carbocycles. The molecule has 0 radical (unpaired) electrons. The lowest BCUT2D eigenvalue weighted by molar-refractivity contribution is -0.116. The summed E-state index contributed by atoms with van der Waals surface area (Å²) >= 11 is 6.74. The molecule has 0 aliphatic heterocycles. The molecule has 1 amide bonds. The summed E-state index contributed by atoms with van der Waals surface area (Å²) in [7, 11) is -3.45. The second-order valence-corrected chi connectivity index (χ2v) is 8.52. The summed E-state index contributed by atoms with van der Waals surface area (Å²) < 4.78 is 29.6.